The molecule has 0 atom stereocenters. The van der Waals surface area contributed by atoms with Gasteiger partial charge in [0.2, 0.25) is 0 Å². The Balaban J connectivity index is 1.71. The zero-order valence-corrected chi connectivity index (χ0v) is 15.6. The van der Waals surface area contributed by atoms with E-state index in [1.807, 2.05) is 19.1 Å². The van der Waals surface area contributed by atoms with Crippen molar-refractivity contribution in [1.82, 2.24) is 10.6 Å². The average molecular weight is 387 g/mol. The Morgan fingerprint density at radius 1 is 1.11 bits per heavy atom. The summed E-state index contributed by atoms with van der Waals surface area (Å²) in [7, 11) is 0. The van der Waals surface area contributed by atoms with Gasteiger partial charge in [-0.3, -0.25) is 0 Å². The van der Waals surface area contributed by atoms with Gasteiger partial charge in [0.25, 0.3) is 0 Å². The number of aliphatic imine (C=N–C) groups is 1. The maximum atomic E-state index is 12.1. The number of nitrogens with zero attached hydrogens (tertiary/aromatic N) is 1. The summed E-state index contributed by atoms with van der Waals surface area (Å²) in [5.41, 5.74) is 1.67. The van der Waals surface area contributed by atoms with Gasteiger partial charge < -0.3 is 20.1 Å². The zero-order chi connectivity index (χ0) is 19.5. The Hall–Kier alpha value is -1.80. The molecule has 1 aromatic carbocycles. The lowest BCUT2D eigenvalue weighted by molar-refractivity contribution is -0.176. The number of alkyl halides is 3. The number of rotatable bonds is 11. The van der Waals surface area contributed by atoms with E-state index in [0.717, 1.165) is 24.6 Å². The maximum Gasteiger partial charge on any atom is 0.411 e. The van der Waals surface area contributed by atoms with Crippen LogP contribution in [0, 0.1) is 5.92 Å². The smallest absolute Gasteiger partial charge is 0.379 e. The van der Waals surface area contributed by atoms with E-state index in [0.29, 0.717) is 31.2 Å². The quantitative estimate of drug-likeness (QED) is 0.348. The van der Waals surface area contributed by atoms with Gasteiger partial charge in [-0.1, -0.05) is 24.3 Å². The Morgan fingerprint density at radius 3 is 2.44 bits per heavy atom. The SMILES string of the molecule is CCNC(=NCc1ccc(COCC(F)(F)F)cc1)NCCOCC1CC1. The van der Waals surface area contributed by atoms with Crippen LogP contribution in [-0.4, -0.2) is 45.0 Å². The van der Waals surface area contributed by atoms with Crippen LogP contribution in [0.2, 0.25) is 0 Å². The number of hydrogen-bond donors (Lipinski definition) is 2. The molecule has 0 heterocycles. The molecule has 0 spiro atoms. The molecule has 27 heavy (non-hydrogen) atoms. The van der Waals surface area contributed by atoms with Gasteiger partial charge in [0, 0.05) is 19.7 Å². The van der Waals surface area contributed by atoms with E-state index in [9.17, 15) is 13.2 Å². The van der Waals surface area contributed by atoms with Crippen LogP contribution < -0.4 is 10.6 Å². The standard InChI is InChI=1S/C19H28F3N3O2/c1-2-23-18(24-9-10-26-12-16-7-8-16)25-11-15-3-5-17(6-4-15)13-27-14-19(20,21)22/h3-6,16H,2,7-14H2,1H3,(H2,23,24,25). The van der Waals surface area contributed by atoms with E-state index in [1.54, 1.807) is 12.1 Å². The second-order valence-electron chi connectivity index (χ2n) is 6.56. The van der Waals surface area contributed by atoms with Gasteiger partial charge in [0.1, 0.15) is 6.61 Å². The second-order valence-corrected chi connectivity index (χ2v) is 6.56. The Morgan fingerprint density at radius 2 is 1.81 bits per heavy atom. The van der Waals surface area contributed by atoms with Gasteiger partial charge in [0.15, 0.2) is 5.96 Å². The molecule has 0 aromatic heterocycles. The molecule has 0 amide bonds. The molecule has 2 rings (SSSR count). The van der Waals surface area contributed by atoms with E-state index in [2.05, 4.69) is 20.4 Å². The maximum absolute atomic E-state index is 12.1. The third kappa shape index (κ3) is 10.2. The molecule has 1 aliphatic carbocycles. The lowest BCUT2D eigenvalue weighted by Crippen LogP contribution is -2.39. The number of halogens is 3. The highest BCUT2D eigenvalue weighted by molar-refractivity contribution is 5.79. The lowest BCUT2D eigenvalue weighted by Gasteiger charge is -2.11. The molecular weight excluding hydrogens is 359 g/mol. The Labute approximate surface area is 158 Å². The monoisotopic (exact) mass is 387 g/mol. The van der Waals surface area contributed by atoms with E-state index in [1.165, 1.54) is 12.8 Å². The Kier molecular flexibility index (Phi) is 8.87. The summed E-state index contributed by atoms with van der Waals surface area (Å²) in [6.45, 7) is 4.11. The number of hydrogen-bond acceptors (Lipinski definition) is 3. The van der Waals surface area contributed by atoms with Crippen LogP contribution in [0.15, 0.2) is 29.3 Å². The third-order valence-corrected chi connectivity index (χ3v) is 3.91. The third-order valence-electron chi connectivity index (χ3n) is 3.91. The van der Waals surface area contributed by atoms with E-state index in [4.69, 9.17) is 4.74 Å². The van der Waals surface area contributed by atoms with Crippen LogP contribution in [-0.2, 0) is 22.6 Å². The Bertz CT molecular complexity index is 573. The van der Waals surface area contributed by atoms with Gasteiger partial charge >= 0.3 is 6.18 Å². The minimum absolute atomic E-state index is 0.0614. The second kappa shape index (κ2) is 11.1. The number of benzene rings is 1. The summed E-state index contributed by atoms with van der Waals surface area (Å²) in [5, 5.41) is 6.40. The highest BCUT2D eigenvalue weighted by Gasteiger charge is 2.27. The van der Waals surface area contributed by atoms with Crippen molar-refractivity contribution in [2.45, 2.75) is 39.1 Å². The molecule has 0 radical (unpaired) electrons. The van der Waals surface area contributed by atoms with E-state index >= 15 is 0 Å². The van der Waals surface area contributed by atoms with Crippen LogP contribution in [0.4, 0.5) is 13.2 Å². The number of nitrogens with one attached hydrogen (secondary N) is 2. The van der Waals surface area contributed by atoms with Crippen molar-refractivity contribution in [1.29, 1.82) is 0 Å². The minimum Gasteiger partial charge on any atom is -0.379 e. The molecule has 1 aliphatic rings. The molecule has 0 saturated heterocycles. The first-order valence-corrected chi connectivity index (χ1v) is 9.28. The fourth-order valence-electron chi connectivity index (χ4n) is 2.31. The summed E-state index contributed by atoms with van der Waals surface area (Å²) < 4.78 is 46.5. The van der Waals surface area contributed by atoms with Crippen molar-refractivity contribution in [3.63, 3.8) is 0 Å². The largest absolute Gasteiger partial charge is 0.411 e. The van der Waals surface area contributed by atoms with Crippen LogP contribution >= 0.6 is 0 Å². The highest BCUT2D eigenvalue weighted by atomic mass is 19.4. The topological polar surface area (TPSA) is 54.9 Å². The first-order chi connectivity index (χ1) is 13.0. The average Bonchev–Trinajstić information content (AvgIpc) is 3.43. The van der Waals surface area contributed by atoms with Crippen molar-refractivity contribution < 1.29 is 22.6 Å². The summed E-state index contributed by atoms with van der Waals surface area (Å²) >= 11 is 0. The van der Waals surface area contributed by atoms with Crippen molar-refractivity contribution in [2.75, 3.05) is 32.9 Å². The molecule has 5 nitrogen and oxygen atoms in total. The van der Waals surface area contributed by atoms with Crippen LogP contribution in [0.25, 0.3) is 0 Å². The van der Waals surface area contributed by atoms with Gasteiger partial charge in [0.05, 0.1) is 19.8 Å². The zero-order valence-electron chi connectivity index (χ0n) is 15.6. The van der Waals surface area contributed by atoms with Crippen molar-refractivity contribution in [3.8, 4) is 0 Å². The van der Waals surface area contributed by atoms with Gasteiger partial charge in [-0.15, -0.1) is 0 Å². The fourth-order valence-corrected chi connectivity index (χ4v) is 2.31. The summed E-state index contributed by atoms with van der Waals surface area (Å²) in [4.78, 5) is 4.51. The summed E-state index contributed by atoms with van der Waals surface area (Å²) in [5.74, 6) is 1.47. The highest BCUT2D eigenvalue weighted by Crippen LogP contribution is 2.28. The summed E-state index contributed by atoms with van der Waals surface area (Å²) in [6.07, 6.45) is -1.73. The fraction of sp³-hybridized carbons (Fsp3) is 0.632. The molecule has 1 saturated carbocycles. The van der Waals surface area contributed by atoms with E-state index < -0.39 is 12.8 Å². The first-order valence-electron chi connectivity index (χ1n) is 9.28. The predicted octanol–water partition coefficient (Wildman–Crippen LogP) is 3.25. The van der Waals surface area contributed by atoms with Gasteiger partial charge in [-0.05, 0) is 36.8 Å². The van der Waals surface area contributed by atoms with Gasteiger partial charge in [-0.25, -0.2) is 4.99 Å². The molecule has 1 fully saturated rings. The molecule has 8 heteroatoms. The molecular formula is C19H28F3N3O2. The van der Waals surface area contributed by atoms with Crippen LogP contribution in [0.5, 0.6) is 0 Å². The molecule has 152 valence electrons. The molecule has 0 aliphatic heterocycles. The summed E-state index contributed by atoms with van der Waals surface area (Å²) in [6, 6.07) is 7.21. The van der Waals surface area contributed by atoms with Crippen LogP contribution in [0.1, 0.15) is 30.9 Å². The van der Waals surface area contributed by atoms with Crippen molar-refractivity contribution in [3.05, 3.63) is 35.4 Å². The van der Waals surface area contributed by atoms with Crippen molar-refractivity contribution in [2.24, 2.45) is 10.9 Å². The minimum atomic E-state index is -4.30. The molecule has 2 N–H and O–H groups in total. The molecule has 0 unspecified atom stereocenters. The van der Waals surface area contributed by atoms with Crippen molar-refractivity contribution >= 4 is 5.96 Å². The first kappa shape index (κ1) is 21.5. The van der Waals surface area contributed by atoms with Gasteiger partial charge in [-0.2, -0.15) is 13.2 Å². The number of guanidine groups is 1. The molecule has 0 bridgehead atoms. The predicted molar refractivity (Wildman–Crippen MR) is 98.5 cm³/mol. The number of ether oxygens (including phenoxy) is 2. The lowest BCUT2D eigenvalue weighted by atomic mass is 10.1. The normalized spacial score (nSPS) is 15.0. The van der Waals surface area contributed by atoms with Crippen LogP contribution in [0.3, 0.4) is 0 Å². The van der Waals surface area contributed by atoms with E-state index in [-0.39, 0.29) is 6.61 Å². The molecule has 1 aromatic rings.